The number of benzene rings is 5. The molecule has 0 radical (unpaired) electrons. The molecule has 0 aliphatic carbocycles. The average Bonchev–Trinajstić information content (AvgIpc) is 3.64. The van der Waals surface area contributed by atoms with Crippen LogP contribution in [0, 0.1) is 0 Å². The van der Waals surface area contributed by atoms with Crippen LogP contribution in [-0.4, -0.2) is 31.6 Å². The first-order chi connectivity index (χ1) is 25.7. The summed E-state index contributed by atoms with van der Waals surface area (Å²) < 4.78 is 17.6. The average molecular weight is 786 g/mol. The number of hydrogen-bond acceptors (Lipinski definition) is 7. The Morgan fingerprint density at radius 3 is 2.09 bits per heavy atom. The van der Waals surface area contributed by atoms with E-state index in [4.69, 9.17) is 53.7 Å². The fourth-order valence-corrected chi connectivity index (χ4v) is 7.22. The molecule has 0 saturated carbocycles. The standard InChI is InChI=1S/C42H35Cl3N2O5S/c43-42(44,45)40(49)46-24-33-13-7-8-14-35(33)28-19-21-32(22-20-28)39-50-34(23-36(51-39)29-17-15-27(25-48)16-18-29)26-53-41-47-37(30-9-3-1-4-10-30)38(52-41)31-11-5-2-6-12-31/h1-22,34,36,39,48H,23-26H2,(H,46,49). The second-order valence-electron chi connectivity index (χ2n) is 12.5. The van der Waals surface area contributed by atoms with Crippen molar-refractivity contribution in [1.82, 2.24) is 10.3 Å². The van der Waals surface area contributed by atoms with Gasteiger partial charge in [-0.3, -0.25) is 4.79 Å². The van der Waals surface area contributed by atoms with Crippen LogP contribution in [-0.2, 0) is 27.4 Å². The van der Waals surface area contributed by atoms with Crippen LogP contribution in [0.25, 0.3) is 33.7 Å². The third kappa shape index (κ3) is 9.16. The zero-order valence-corrected chi connectivity index (χ0v) is 31.4. The second kappa shape index (κ2) is 16.9. The Hall–Kier alpha value is -4.12. The molecule has 1 aromatic heterocycles. The van der Waals surface area contributed by atoms with E-state index in [2.05, 4.69) is 5.32 Å². The number of thioether (sulfide) groups is 1. The first kappa shape index (κ1) is 37.2. The summed E-state index contributed by atoms with van der Waals surface area (Å²) in [7, 11) is 0. The van der Waals surface area contributed by atoms with Crippen molar-refractivity contribution >= 4 is 52.5 Å². The first-order valence-electron chi connectivity index (χ1n) is 17.0. The van der Waals surface area contributed by atoms with Crippen LogP contribution in [0.4, 0.5) is 0 Å². The summed E-state index contributed by atoms with van der Waals surface area (Å²) in [5.74, 6) is 0.615. The van der Waals surface area contributed by atoms with Gasteiger partial charge in [0.05, 0.1) is 18.8 Å². The van der Waals surface area contributed by atoms with E-state index in [-0.39, 0.29) is 25.4 Å². The number of carbonyl (C=O) groups excluding carboxylic acids is 1. The number of amides is 1. The summed E-state index contributed by atoms with van der Waals surface area (Å²) in [5.41, 5.74) is 8.17. The minimum atomic E-state index is -2.05. The van der Waals surface area contributed by atoms with Crippen molar-refractivity contribution in [3.63, 3.8) is 0 Å². The van der Waals surface area contributed by atoms with Gasteiger partial charge >= 0.3 is 0 Å². The molecule has 7 nitrogen and oxygen atoms in total. The van der Waals surface area contributed by atoms with Gasteiger partial charge in [0, 0.05) is 35.4 Å². The lowest BCUT2D eigenvalue weighted by molar-refractivity contribution is -0.245. The molecule has 11 heteroatoms. The summed E-state index contributed by atoms with van der Waals surface area (Å²) in [4.78, 5) is 17.1. The number of aliphatic hydroxyl groups excluding tert-OH is 1. The Balaban J connectivity index is 1.12. The van der Waals surface area contributed by atoms with Gasteiger partial charge in [-0.05, 0) is 27.8 Å². The molecule has 1 amide bonds. The SMILES string of the molecule is O=C(NCc1ccccc1-c1ccc(C2OC(CSc3nc(-c4ccccc4)c(-c4ccccc4)o3)CC(c3ccc(CO)cc3)O2)cc1)C(Cl)(Cl)Cl. The number of ether oxygens (including phenoxy) is 2. The molecule has 2 heterocycles. The van der Waals surface area contributed by atoms with Crippen molar-refractivity contribution in [3.05, 3.63) is 156 Å². The molecule has 2 N–H and O–H groups in total. The molecular formula is C42H35Cl3N2O5S. The zero-order valence-electron chi connectivity index (χ0n) is 28.3. The van der Waals surface area contributed by atoms with E-state index >= 15 is 0 Å². The number of aliphatic hydroxyl groups is 1. The van der Waals surface area contributed by atoms with Crippen LogP contribution in [0.15, 0.2) is 143 Å². The number of nitrogens with one attached hydrogen (secondary N) is 1. The molecule has 6 aromatic rings. The number of carbonyl (C=O) groups is 1. The minimum Gasteiger partial charge on any atom is -0.431 e. The Kier molecular flexibility index (Phi) is 11.9. The minimum absolute atomic E-state index is 0.0301. The molecule has 0 bridgehead atoms. The molecule has 3 atom stereocenters. The highest BCUT2D eigenvalue weighted by Gasteiger charge is 2.33. The van der Waals surface area contributed by atoms with E-state index in [9.17, 15) is 9.90 Å². The van der Waals surface area contributed by atoms with Gasteiger partial charge in [-0.25, -0.2) is 4.98 Å². The first-order valence-corrected chi connectivity index (χ1v) is 19.2. The van der Waals surface area contributed by atoms with E-state index < -0.39 is 16.0 Å². The van der Waals surface area contributed by atoms with Crippen molar-refractivity contribution in [3.8, 4) is 33.7 Å². The molecule has 3 unspecified atom stereocenters. The predicted octanol–water partition coefficient (Wildman–Crippen LogP) is 10.5. The lowest BCUT2D eigenvalue weighted by atomic mass is 9.98. The molecule has 1 saturated heterocycles. The van der Waals surface area contributed by atoms with Crippen molar-refractivity contribution in [1.29, 1.82) is 0 Å². The smallest absolute Gasteiger partial charge is 0.272 e. The van der Waals surface area contributed by atoms with E-state index in [0.717, 1.165) is 56.0 Å². The van der Waals surface area contributed by atoms with E-state index in [1.807, 2.05) is 133 Å². The maximum Gasteiger partial charge on any atom is 0.272 e. The van der Waals surface area contributed by atoms with E-state index in [1.54, 1.807) is 0 Å². The molecule has 53 heavy (non-hydrogen) atoms. The van der Waals surface area contributed by atoms with Crippen molar-refractivity contribution in [2.45, 2.75) is 47.1 Å². The van der Waals surface area contributed by atoms with Gasteiger partial charge in [-0.1, -0.05) is 180 Å². The Morgan fingerprint density at radius 2 is 1.42 bits per heavy atom. The van der Waals surface area contributed by atoms with E-state index in [0.29, 0.717) is 17.4 Å². The molecule has 1 fully saturated rings. The number of aromatic nitrogens is 1. The highest BCUT2D eigenvalue weighted by atomic mass is 35.6. The largest absolute Gasteiger partial charge is 0.431 e. The third-order valence-electron chi connectivity index (χ3n) is 8.91. The number of halogens is 3. The highest BCUT2D eigenvalue weighted by Crippen LogP contribution is 2.41. The molecule has 1 aliphatic heterocycles. The van der Waals surface area contributed by atoms with Gasteiger partial charge in [0.15, 0.2) is 12.1 Å². The maximum absolute atomic E-state index is 12.2. The van der Waals surface area contributed by atoms with Crippen LogP contribution in [0.5, 0.6) is 0 Å². The summed E-state index contributed by atoms with van der Waals surface area (Å²) >= 11 is 18.8. The Bertz CT molecular complexity index is 2070. The highest BCUT2D eigenvalue weighted by molar-refractivity contribution is 7.99. The zero-order chi connectivity index (χ0) is 36.8. The van der Waals surface area contributed by atoms with Gasteiger partial charge < -0.3 is 24.3 Å². The Morgan fingerprint density at radius 1 is 0.774 bits per heavy atom. The fourth-order valence-electron chi connectivity index (χ4n) is 6.18. The lowest BCUT2D eigenvalue weighted by Crippen LogP contribution is -2.34. The number of rotatable bonds is 11. The summed E-state index contributed by atoms with van der Waals surface area (Å²) in [5, 5.41) is 12.9. The molecule has 270 valence electrons. The van der Waals surface area contributed by atoms with Crippen molar-refractivity contribution in [2.24, 2.45) is 0 Å². The monoisotopic (exact) mass is 784 g/mol. The number of nitrogens with zero attached hydrogens (tertiary/aromatic N) is 1. The second-order valence-corrected chi connectivity index (χ2v) is 15.8. The Labute approximate surface area is 327 Å². The van der Waals surface area contributed by atoms with Crippen LogP contribution in [0.2, 0.25) is 0 Å². The topological polar surface area (TPSA) is 93.8 Å². The number of alkyl halides is 3. The van der Waals surface area contributed by atoms with Crippen LogP contribution in [0.1, 0.15) is 41.1 Å². The number of hydrogen-bond donors (Lipinski definition) is 2. The van der Waals surface area contributed by atoms with Crippen molar-refractivity contribution in [2.75, 3.05) is 5.75 Å². The maximum atomic E-state index is 12.2. The summed E-state index contributed by atoms with van der Waals surface area (Å²) in [6, 6.07) is 43.6. The van der Waals surface area contributed by atoms with Crippen LogP contribution < -0.4 is 5.32 Å². The normalized spacial score (nSPS) is 17.4. The van der Waals surface area contributed by atoms with Gasteiger partial charge in [-0.15, -0.1) is 0 Å². The number of oxazole rings is 1. The summed E-state index contributed by atoms with van der Waals surface area (Å²) in [6.45, 7) is 0.164. The van der Waals surface area contributed by atoms with Gasteiger partial charge in [0.1, 0.15) is 5.69 Å². The quantitative estimate of drug-likeness (QED) is 0.0998. The van der Waals surface area contributed by atoms with E-state index in [1.165, 1.54) is 11.8 Å². The van der Waals surface area contributed by atoms with Gasteiger partial charge in [0.25, 0.3) is 14.9 Å². The van der Waals surface area contributed by atoms with Gasteiger partial charge in [0.2, 0.25) is 0 Å². The predicted molar refractivity (Wildman–Crippen MR) is 211 cm³/mol. The van der Waals surface area contributed by atoms with Crippen molar-refractivity contribution < 1.29 is 23.8 Å². The summed E-state index contributed by atoms with van der Waals surface area (Å²) in [6.07, 6.45) is -0.478. The lowest BCUT2D eigenvalue weighted by Gasteiger charge is -2.36. The molecular weight excluding hydrogens is 751 g/mol. The molecule has 0 spiro atoms. The van der Waals surface area contributed by atoms with Crippen LogP contribution in [0.3, 0.4) is 0 Å². The van der Waals surface area contributed by atoms with Gasteiger partial charge in [-0.2, -0.15) is 0 Å². The van der Waals surface area contributed by atoms with Crippen LogP contribution >= 0.6 is 46.6 Å². The fraction of sp³-hybridized carbons (Fsp3) is 0.190. The molecule has 7 rings (SSSR count). The third-order valence-corrected chi connectivity index (χ3v) is 10.4. The molecule has 5 aromatic carbocycles. The molecule has 1 aliphatic rings.